The van der Waals surface area contributed by atoms with Crippen molar-refractivity contribution in [3.63, 3.8) is 0 Å². The van der Waals surface area contributed by atoms with Crippen molar-refractivity contribution in [3.8, 4) is 5.75 Å². The van der Waals surface area contributed by atoms with Gasteiger partial charge in [0.05, 0.1) is 4.90 Å². The smallest absolute Gasteiger partial charge is 0.243 e. The van der Waals surface area contributed by atoms with Gasteiger partial charge in [-0.2, -0.15) is 4.31 Å². The summed E-state index contributed by atoms with van der Waals surface area (Å²) in [4.78, 5) is 0.259. The molecule has 4 nitrogen and oxygen atoms in total. The van der Waals surface area contributed by atoms with E-state index >= 15 is 0 Å². The van der Waals surface area contributed by atoms with Crippen molar-refractivity contribution < 1.29 is 13.5 Å². The molecular weight excluding hydrogens is 354 g/mol. The van der Waals surface area contributed by atoms with E-state index in [1.807, 2.05) is 0 Å². The minimum atomic E-state index is -3.61. The van der Waals surface area contributed by atoms with Crippen LogP contribution in [0.2, 0.25) is 0 Å². The molecule has 0 unspecified atom stereocenters. The average Bonchev–Trinajstić information content (AvgIpc) is 2.43. The second-order valence-electron chi connectivity index (χ2n) is 4.80. The summed E-state index contributed by atoms with van der Waals surface area (Å²) in [5.74, 6) is 0.0884. The van der Waals surface area contributed by atoms with Gasteiger partial charge >= 0.3 is 0 Å². The van der Waals surface area contributed by atoms with Gasteiger partial charge in [0.1, 0.15) is 5.75 Å². The van der Waals surface area contributed by atoms with Gasteiger partial charge in [0.15, 0.2) is 0 Å². The summed E-state index contributed by atoms with van der Waals surface area (Å²) in [6, 6.07) is 11.9. The monoisotopic (exact) mass is 369 g/mol. The fourth-order valence-electron chi connectivity index (χ4n) is 1.99. The Morgan fingerprint density at radius 3 is 2.52 bits per heavy atom. The number of hydrogen-bond donors (Lipinski definition) is 1. The van der Waals surface area contributed by atoms with Gasteiger partial charge in [-0.15, -0.1) is 0 Å². The molecular formula is C15H16BrNO3S. The molecule has 2 rings (SSSR count). The van der Waals surface area contributed by atoms with Crippen LogP contribution in [-0.4, -0.2) is 24.9 Å². The molecule has 112 valence electrons. The Bertz CT molecular complexity index is 759. The lowest BCUT2D eigenvalue weighted by Crippen LogP contribution is -2.27. The zero-order chi connectivity index (χ0) is 15.6. The van der Waals surface area contributed by atoms with E-state index in [2.05, 4.69) is 15.9 Å². The van der Waals surface area contributed by atoms with E-state index in [-0.39, 0.29) is 17.2 Å². The van der Waals surface area contributed by atoms with Crippen LogP contribution >= 0.6 is 15.9 Å². The van der Waals surface area contributed by atoms with Crippen molar-refractivity contribution in [3.05, 3.63) is 58.1 Å². The largest absolute Gasteiger partial charge is 0.508 e. The highest BCUT2D eigenvalue weighted by atomic mass is 79.9. The molecule has 1 N–H and O–H groups in total. The topological polar surface area (TPSA) is 57.6 Å². The molecule has 0 saturated carbocycles. The first kappa shape index (κ1) is 16.0. The van der Waals surface area contributed by atoms with Gasteiger partial charge in [-0.25, -0.2) is 8.42 Å². The number of para-hydroxylation sites is 1. The van der Waals surface area contributed by atoms with E-state index in [1.165, 1.54) is 11.4 Å². The number of hydrogen-bond acceptors (Lipinski definition) is 3. The van der Waals surface area contributed by atoms with Crippen molar-refractivity contribution in [2.24, 2.45) is 0 Å². The summed E-state index contributed by atoms with van der Waals surface area (Å²) in [6.07, 6.45) is 0. The van der Waals surface area contributed by atoms with E-state index in [1.54, 1.807) is 49.4 Å². The maximum absolute atomic E-state index is 12.6. The number of rotatable bonds is 4. The standard InChI is InChI=1S/C15H16BrNO3S/c1-11-7-8-13(16)9-15(11)21(19,20)17(2)10-12-5-3-4-6-14(12)18/h3-9,18H,10H2,1-2H3. The second-order valence-corrected chi connectivity index (χ2v) is 7.73. The van der Waals surface area contributed by atoms with Crippen LogP contribution in [0.5, 0.6) is 5.75 Å². The van der Waals surface area contributed by atoms with Crippen molar-refractivity contribution in [2.75, 3.05) is 7.05 Å². The zero-order valence-corrected chi connectivity index (χ0v) is 14.1. The van der Waals surface area contributed by atoms with Crippen LogP contribution in [0.15, 0.2) is 51.8 Å². The third-order valence-corrected chi connectivity index (χ3v) is 5.66. The minimum absolute atomic E-state index is 0.0884. The summed E-state index contributed by atoms with van der Waals surface area (Å²) < 4.78 is 27.2. The third kappa shape index (κ3) is 3.45. The van der Waals surface area contributed by atoms with Gasteiger partial charge in [-0.05, 0) is 30.7 Å². The summed E-state index contributed by atoms with van der Waals surface area (Å²) in [7, 11) is -2.11. The fraction of sp³-hybridized carbons (Fsp3) is 0.200. The van der Waals surface area contributed by atoms with Gasteiger partial charge in [0.2, 0.25) is 10.0 Å². The summed E-state index contributed by atoms with van der Waals surface area (Å²) in [5.41, 5.74) is 1.25. The Kier molecular flexibility index (Phi) is 4.70. The van der Waals surface area contributed by atoms with E-state index in [0.717, 1.165) is 0 Å². The van der Waals surface area contributed by atoms with Crippen molar-refractivity contribution in [1.82, 2.24) is 4.31 Å². The molecule has 6 heteroatoms. The lowest BCUT2D eigenvalue weighted by Gasteiger charge is -2.19. The summed E-state index contributed by atoms with van der Waals surface area (Å²) in [6.45, 7) is 1.87. The lowest BCUT2D eigenvalue weighted by molar-refractivity contribution is 0.435. The van der Waals surface area contributed by atoms with Crippen molar-refractivity contribution >= 4 is 26.0 Å². The first-order valence-corrected chi connectivity index (χ1v) is 8.55. The van der Waals surface area contributed by atoms with Crippen LogP contribution in [0.4, 0.5) is 0 Å². The number of phenols is 1. The van der Waals surface area contributed by atoms with E-state index in [4.69, 9.17) is 0 Å². The fourth-order valence-corrected chi connectivity index (χ4v) is 3.90. The van der Waals surface area contributed by atoms with Crippen molar-refractivity contribution in [2.45, 2.75) is 18.4 Å². The quantitative estimate of drug-likeness (QED) is 0.899. The SMILES string of the molecule is Cc1ccc(Br)cc1S(=O)(=O)N(C)Cc1ccccc1O. The molecule has 0 spiro atoms. The molecule has 2 aromatic rings. The molecule has 0 aliphatic heterocycles. The zero-order valence-electron chi connectivity index (χ0n) is 11.7. The van der Waals surface area contributed by atoms with Crippen LogP contribution in [-0.2, 0) is 16.6 Å². The van der Waals surface area contributed by atoms with Crippen LogP contribution in [0.3, 0.4) is 0 Å². The van der Waals surface area contributed by atoms with E-state index < -0.39 is 10.0 Å². The maximum atomic E-state index is 12.6. The van der Waals surface area contributed by atoms with Gasteiger partial charge in [-0.1, -0.05) is 40.2 Å². The molecule has 21 heavy (non-hydrogen) atoms. The Hall–Kier alpha value is -1.37. The molecule has 2 aromatic carbocycles. The predicted molar refractivity (Wildman–Crippen MR) is 85.6 cm³/mol. The minimum Gasteiger partial charge on any atom is -0.508 e. The van der Waals surface area contributed by atoms with Crippen LogP contribution in [0, 0.1) is 6.92 Å². The number of aryl methyl sites for hydroxylation is 1. The molecule has 0 radical (unpaired) electrons. The van der Waals surface area contributed by atoms with Gasteiger partial charge in [0.25, 0.3) is 0 Å². The van der Waals surface area contributed by atoms with Crippen LogP contribution < -0.4 is 0 Å². The molecule has 0 bridgehead atoms. The molecule has 0 fully saturated rings. The first-order valence-electron chi connectivity index (χ1n) is 6.31. The Labute approximate surface area is 133 Å². The number of sulfonamides is 1. The first-order chi connectivity index (χ1) is 9.82. The summed E-state index contributed by atoms with van der Waals surface area (Å²) in [5, 5.41) is 9.77. The summed E-state index contributed by atoms with van der Waals surface area (Å²) >= 11 is 3.29. The molecule has 0 saturated heterocycles. The van der Waals surface area contributed by atoms with Crippen LogP contribution in [0.1, 0.15) is 11.1 Å². The van der Waals surface area contributed by atoms with E-state index in [0.29, 0.717) is 15.6 Å². The molecule has 0 amide bonds. The normalized spacial score (nSPS) is 11.8. The number of halogens is 1. The highest BCUT2D eigenvalue weighted by molar-refractivity contribution is 9.10. The second kappa shape index (κ2) is 6.17. The number of aromatic hydroxyl groups is 1. The number of nitrogens with zero attached hydrogens (tertiary/aromatic N) is 1. The highest BCUT2D eigenvalue weighted by Crippen LogP contribution is 2.25. The molecule has 0 aliphatic rings. The van der Waals surface area contributed by atoms with E-state index in [9.17, 15) is 13.5 Å². The van der Waals surface area contributed by atoms with Gasteiger partial charge in [0, 0.05) is 23.6 Å². The third-order valence-electron chi connectivity index (χ3n) is 3.22. The Balaban J connectivity index is 2.35. The van der Waals surface area contributed by atoms with Gasteiger partial charge in [-0.3, -0.25) is 0 Å². The molecule has 0 aliphatic carbocycles. The van der Waals surface area contributed by atoms with Crippen LogP contribution in [0.25, 0.3) is 0 Å². The number of benzene rings is 2. The number of phenolic OH excluding ortho intramolecular Hbond substituents is 1. The maximum Gasteiger partial charge on any atom is 0.243 e. The predicted octanol–water partition coefficient (Wildman–Crippen LogP) is 3.28. The average molecular weight is 370 g/mol. The molecule has 0 atom stereocenters. The molecule has 0 aromatic heterocycles. The molecule has 0 heterocycles. The van der Waals surface area contributed by atoms with Crippen molar-refractivity contribution in [1.29, 1.82) is 0 Å². The highest BCUT2D eigenvalue weighted by Gasteiger charge is 2.23. The Morgan fingerprint density at radius 1 is 1.19 bits per heavy atom. The Morgan fingerprint density at radius 2 is 1.86 bits per heavy atom. The lowest BCUT2D eigenvalue weighted by atomic mass is 10.2. The van der Waals surface area contributed by atoms with Gasteiger partial charge < -0.3 is 5.11 Å².